The molecule has 0 spiro atoms. The van der Waals surface area contributed by atoms with Crippen molar-refractivity contribution in [2.75, 3.05) is 19.3 Å². The number of nitrogens with zero attached hydrogens (tertiary/aromatic N) is 1. The van der Waals surface area contributed by atoms with E-state index in [1.54, 1.807) is 0 Å². The minimum Gasteiger partial charge on any atom is -0.378 e. The molecule has 2 nitrogen and oxygen atoms in total. The van der Waals surface area contributed by atoms with Gasteiger partial charge in [0.2, 0.25) is 0 Å². The van der Waals surface area contributed by atoms with Gasteiger partial charge < -0.3 is 5.11 Å². The Hall–Kier alpha value is 0.270. The minimum atomic E-state index is -0.178. The van der Waals surface area contributed by atoms with Gasteiger partial charge in [0, 0.05) is 18.2 Å². The summed E-state index contributed by atoms with van der Waals surface area (Å²) in [6, 6.07) is 0. The van der Waals surface area contributed by atoms with E-state index in [1.165, 1.54) is 0 Å². The summed E-state index contributed by atoms with van der Waals surface area (Å²) >= 11 is 1.85. The normalized spacial score (nSPS) is 35.1. The lowest BCUT2D eigenvalue weighted by atomic mass is 10.3. The highest BCUT2D eigenvalue weighted by atomic mass is 32.2. The molecule has 0 aromatic carbocycles. The largest absolute Gasteiger partial charge is 0.378 e. The molecule has 1 heterocycles. The molecule has 2 unspecified atom stereocenters. The molecule has 60 valence electrons. The highest BCUT2D eigenvalue weighted by Crippen LogP contribution is 2.23. The summed E-state index contributed by atoms with van der Waals surface area (Å²) in [6.45, 7) is 4.11. The average Bonchev–Trinajstić information content (AvgIpc) is 2.30. The maximum Gasteiger partial charge on any atom is 0.108 e. The van der Waals surface area contributed by atoms with Crippen molar-refractivity contribution < 1.29 is 5.11 Å². The van der Waals surface area contributed by atoms with Gasteiger partial charge in [-0.2, -0.15) is 11.8 Å². The first-order valence-corrected chi connectivity index (χ1v) is 5.01. The van der Waals surface area contributed by atoms with E-state index in [2.05, 4.69) is 18.1 Å². The van der Waals surface area contributed by atoms with Gasteiger partial charge in [-0.1, -0.05) is 6.92 Å². The highest BCUT2D eigenvalue weighted by molar-refractivity contribution is 7.99. The highest BCUT2D eigenvalue weighted by Gasteiger charge is 2.28. The zero-order chi connectivity index (χ0) is 7.56. The lowest BCUT2D eigenvalue weighted by molar-refractivity contribution is 0.0423. The first kappa shape index (κ1) is 8.37. The van der Waals surface area contributed by atoms with E-state index in [-0.39, 0.29) is 6.23 Å². The smallest absolute Gasteiger partial charge is 0.108 e. The number of thioether (sulfide) groups is 1. The van der Waals surface area contributed by atoms with Crippen LogP contribution in [-0.4, -0.2) is 40.8 Å². The molecule has 1 N–H and O–H groups in total. The topological polar surface area (TPSA) is 23.5 Å². The van der Waals surface area contributed by atoms with Gasteiger partial charge in [0.1, 0.15) is 6.23 Å². The molecule has 1 aliphatic rings. The van der Waals surface area contributed by atoms with E-state index in [0.29, 0.717) is 5.25 Å². The fourth-order valence-corrected chi connectivity index (χ4v) is 2.06. The molecular weight excluding hydrogens is 146 g/mol. The molecular formula is C7H15NOS. The molecule has 0 amide bonds. The van der Waals surface area contributed by atoms with Crippen LogP contribution in [-0.2, 0) is 0 Å². The van der Waals surface area contributed by atoms with Crippen LogP contribution < -0.4 is 0 Å². The Kier molecular flexibility index (Phi) is 3.01. The van der Waals surface area contributed by atoms with Crippen LogP contribution in [0.25, 0.3) is 0 Å². The molecule has 0 aromatic rings. The van der Waals surface area contributed by atoms with Gasteiger partial charge in [-0.25, -0.2) is 0 Å². The van der Waals surface area contributed by atoms with Gasteiger partial charge >= 0.3 is 0 Å². The van der Waals surface area contributed by atoms with Gasteiger partial charge in [0.05, 0.1) is 0 Å². The van der Waals surface area contributed by atoms with Gasteiger partial charge in [-0.05, 0) is 12.8 Å². The van der Waals surface area contributed by atoms with Crippen LogP contribution in [0.1, 0.15) is 13.3 Å². The third kappa shape index (κ3) is 1.65. The first-order chi connectivity index (χ1) is 4.77. The number of aliphatic hydroxyl groups is 1. The Labute approximate surface area is 66.6 Å². The quantitative estimate of drug-likeness (QED) is 0.647. The lowest BCUT2D eigenvalue weighted by Crippen LogP contribution is -2.28. The number of aliphatic hydroxyl groups excluding tert-OH is 1. The Morgan fingerprint density at radius 1 is 1.70 bits per heavy atom. The van der Waals surface area contributed by atoms with Crippen molar-refractivity contribution in [3.05, 3.63) is 0 Å². The maximum absolute atomic E-state index is 9.40. The summed E-state index contributed by atoms with van der Waals surface area (Å²) in [6.07, 6.45) is 2.87. The second-order valence-electron chi connectivity index (χ2n) is 2.66. The molecule has 0 aromatic heterocycles. The maximum atomic E-state index is 9.40. The summed E-state index contributed by atoms with van der Waals surface area (Å²) in [5.74, 6) is 0. The summed E-state index contributed by atoms with van der Waals surface area (Å²) in [4.78, 5) is 2.11. The zero-order valence-electron chi connectivity index (χ0n) is 6.58. The van der Waals surface area contributed by atoms with Crippen LogP contribution in [0.3, 0.4) is 0 Å². The molecule has 0 aliphatic carbocycles. The second kappa shape index (κ2) is 3.60. The molecule has 1 aliphatic heterocycles. The second-order valence-corrected chi connectivity index (χ2v) is 3.80. The fraction of sp³-hybridized carbons (Fsp3) is 1.00. The summed E-state index contributed by atoms with van der Waals surface area (Å²) in [5, 5.41) is 10.1. The number of hydrogen-bond donors (Lipinski definition) is 1. The molecule has 1 fully saturated rings. The molecule has 10 heavy (non-hydrogen) atoms. The average molecular weight is 161 g/mol. The van der Waals surface area contributed by atoms with Crippen LogP contribution in [0.15, 0.2) is 0 Å². The van der Waals surface area contributed by atoms with E-state index in [9.17, 15) is 5.11 Å². The van der Waals surface area contributed by atoms with Crippen molar-refractivity contribution in [2.45, 2.75) is 24.8 Å². The van der Waals surface area contributed by atoms with E-state index in [1.807, 2.05) is 11.8 Å². The molecule has 0 saturated carbocycles. The van der Waals surface area contributed by atoms with Gasteiger partial charge in [-0.15, -0.1) is 0 Å². The van der Waals surface area contributed by atoms with Crippen LogP contribution in [0.2, 0.25) is 0 Å². The Morgan fingerprint density at radius 3 is 2.70 bits per heavy atom. The van der Waals surface area contributed by atoms with E-state index < -0.39 is 0 Å². The van der Waals surface area contributed by atoms with E-state index in [0.717, 1.165) is 19.5 Å². The summed E-state index contributed by atoms with van der Waals surface area (Å²) in [5.41, 5.74) is 0. The van der Waals surface area contributed by atoms with E-state index >= 15 is 0 Å². The van der Waals surface area contributed by atoms with Gasteiger partial charge in [-0.3, -0.25) is 4.90 Å². The third-order valence-electron chi connectivity index (χ3n) is 2.07. The van der Waals surface area contributed by atoms with Gasteiger partial charge in [0.25, 0.3) is 0 Å². The van der Waals surface area contributed by atoms with Crippen molar-refractivity contribution in [3.63, 3.8) is 0 Å². The van der Waals surface area contributed by atoms with Crippen molar-refractivity contribution in [1.29, 1.82) is 0 Å². The van der Waals surface area contributed by atoms with Crippen LogP contribution >= 0.6 is 11.8 Å². The standard InChI is InChI=1S/C7H15NOS/c1-3-8-5-6(10-2)4-7(8)9/h6-7,9H,3-5H2,1-2H3. The minimum absolute atomic E-state index is 0.178. The van der Waals surface area contributed by atoms with Crippen molar-refractivity contribution in [1.82, 2.24) is 4.90 Å². The number of hydrogen-bond acceptors (Lipinski definition) is 3. The lowest BCUT2D eigenvalue weighted by Gasteiger charge is -2.16. The van der Waals surface area contributed by atoms with Crippen LogP contribution in [0, 0.1) is 0 Å². The Morgan fingerprint density at radius 2 is 2.40 bits per heavy atom. The summed E-state index contributed by atoms with van der Waals surface area (Å²) in [7, 11) is 0. The number of rotatable bonds is 2. The predicted octanol–water partition coefficient (Wildman–Crippen LogP) is 0.762. The SMILES string of the molecule is CCN1CC(SC)CC1O. The molecule has 1 saturated heterocycles. The van der Waals surface area contributed by atoms with Crippen LogP contribution in [0.4, 0.5) is 0 Å². The van der Waals surface area contributed by atoms with Crippen molar-refractivity contribution in [3.8, 4) is 0 Å². The monoisotopic (exact) mass is 161 g/mol. The molecule has 3 heteroatoms. The Bertz CT molecular complexity index is 110. The molecule has 0 bridgehead atoms. The van der Waals surface area contributed by atoms with Crippen LogP contribution in [0.5, 0.6) is 0 Å². The number of likely N-dealkylation sites (tertiary alicyclic amines) is 1. The predicted molar refractivity (Wildman–Crippen MR) is 45.2 cm³/mol. The van der Waals surface area contributed by atoms with Crippen molar-refractivity contribution in [2.24, 2.45) is 0 Å². The van der Waals surface area contributed by atoms with Gasteiger partial charge in [0.15, 0.2) is 0 Å². The fourth-order valence-electron chi connectivity index (χ4n) is 1.35. The van der Waals surface area contributed by atoms with Crippen molar-refractivity contribution >= 4 is 11.8 Å². The molecule has 2 atom stereocenters. The third-order valence-corrected chi connectivity index (χ3v) is 3.08. The summed E-state index contributed by atoms with van der Waals surface area (Å²) < 4.78 is 0. The van der Waals surface area contributed by atoms with E-state index in [4.69, 9.17) is 0 Å². The molecule has 0 radical (unpaired) electrons. The first-order valence-electron chi connectivity index (χ1n) is 3.72. The molecule has 1 rings (SSSR count). The zero-order valence-corrected chi connectivity index (χ0v) is 7.40. The Balaban J connectivity index is 2.36.